The van der Waals surface area contributed by atoms with E-state index in [1.807, 2.05) is 10.9 Å². The lowest BCUT2D eigenvalue weighted by Crippen LogP contribution is -1.92. The highest BCUT2D eigenvalue weighted by Crippen LogP contribution is 2.98. The van der Waals surface area contributed by atoms with E-state index >= 15 is 0 Å². The van der Waals surface area contributed by atoms with E-state index in [9.17, 15) is 4.57 Å². The van der Waals surface area contributed by atoms with E-state index in [0.29, 0.717) is 0 Å². The highest BCUT2D eigenvalue weighted by atomic mass is 31.2. The van der Waals surface area contributed by atoms with Crippen molar-refractivity contribution in [3.8, 4) is 0 Å². The predicted octanol–water partition coefficient (Wildman–Crippen LogP) is 1.68. The predicted molar refractivity (Wildman–Crippen MR) is 30.2 cm³/mol. The van der Waals surface area contributed by atoms with E-state index in [-0.39, 0.29) is 0 Å². The molecule has 1 atom stereocenters. The first-order valence-corrected chi connectivity index (χ1v) is 4.32. The van der Waals surface area contributed by atoms with Crippen molar-refractivity contribution in [1.82, 2.24) is 4.67 Å². The summed E-state index contributed by atoms with van der Waals surface area (Å²) in [5.41, 5.74) is 1.17. The van der Waals surface area contributed by atoms with Crippen LogP contribution in [-0.4, -0.2) is 4.67 Å². The molecule has 3 heteroatoms. The second-order valence-electron chi connectivity index (χ2n) is 2.28. The number of allylic oxidation sites excluding steroid dienone is 2. The Labute approximate surface area is 46.9 Å². The smallest absolute Gasteiger partial charge is 0.249 e. The average molecular weight is 125 g/mol. The number of hydrogen-bond acceptors (Lipinski definition) is 1. The number of nitrogens with zero attached hydrogens (tertiary/aromatic N) is 1. The summed E-state index contributed by atoms with van der Waals surface area (Å²) in [4.78, 5) is 0. The third-order valence-corrected chi connectivity index (χ3v) is 4.61. The zero-order valence-electron chi connectivity index (χ0n) is 4.16. The standard InChI is InChI=1S/C5H4NOP/c7-8-4-2-1-3-6(8)5(4)8/h1,3H,2H2. The molecule has 1 saturated heterocycles. The molecule has 0 N–H and O–H groups in total. The molecule has 0 aromatic rings. The van der Waals surface area contributed by atoms with E-state index < -0.39 is 7.29 Å². The van der Waals surface area contributed by atoms with Gasteiger partial charge >= 0.3 is 0 Å². The lowest BCUT2D eigenvalue weighted by molar-refractivity contribution is 0.578. The summed E-state index contributed by atoms with van der Waals surface area (Å²) in [5.74, 6) is 0. The Morgan fingerprint density at radius 2 is 2.50 bits per heavy atom. The zero-order chi connectivity index (χ0) is 5.35. The summed E-state index contributed by atoms with van der Waals surface area (Å²) in [7, 11) is -1.76. The lowest BCUT2D eigenvalue weighted by atomic mass is 10.3. The molecule has 0 radical (unpaired) electrons. The first-order valence-electron chi connectivity index (χ1n) is 2.66. The van der Waals surface area contributed by atoms with Crippen LogP contribution in [0.25, 0.3) is 0 Å². The average Bonchev–Trinajstić information content (AvgIpc) is 2.60. The molecule has 1 unspecified atom stereocenters. The van der Waals surface area contributed by atoms with Gasteiger partial charge in [0.1, 0.15) is 5.44 Å². The van der Waals surface area contributed by atoms with Crippen molar-refractivity contribution in [2.45, 2.75) is 6.42 Å². The maximum absolute atomic E-state index is 11.1. The maximum Gasteiger partial charge on any atom is 0.249 e. The highest BCUT2D eigenvalue weighted by Gasteiger charge is 2.73. The Morgan fingerprint density at radius 1 is 1.75 bits per heavy atom. The van der Waals surface area contributed by atoms with Gasteiger partial charge in [0.25, 0.3) is 0 Å². The van der Waals surface area contributed by atoms with Gasteiger partial charge in [0.15, 0.2) is 0 Å². The van der Waals surface area contributed by atoms with Crippen LogP contribution in [0, 0.1) is 0 Å². The molecule has 0 amide bonds. The molecule has 0 aliphatic carbocycles. The summed E-state index contributed by atoms with van der Waals surface area (Å²) < 4.78 is 13.0. The van der Waals surface area contributed by atoms with E-state index in [2.05, 4.69) is 6.08 Å². The third-order valence-electron chi connectivity index (χ3n) is 1.90. The number of hydrogen-bond donors (Lipinski definition) is 0. The van der Waals surface area contributed by atoms with Crippen LogP contribution in [0.15, 0.2) is 23.0 Å². The van der Waals surface area contributed by atoms with Crippen LogP contribution in [0.1, 0.15) is 6.42 Å². The van der Waals surface area contributed by atoms with Gasteiger partial charge in [-0.25, -0.2) is 0 Å². The first kappa shape index (κ1) is 3.52. The summed E-state index contributed by atoms with van der Waals surface area (Å²) in [6.45, 7) is 0. The van der Waals surface area contributed by atoms with Gasteiger partial charge in [0.05, 0.1) is 0 Å². The fourth-order valence-electron chi connectivity index (χ4n) is 1.33. The molecule has 1 fully saturated rings. The molecule has 0 saturated carbocycles. The van der Waals surface area contributed by atoms with E-state index in [1.165, 1.54) is 10.8 Å². The fourth-order valence-corrected chi connectivity index (χ4v) is 3.91. The molecular weight excluding hydrogens is 121 g/mol. The fraction of sp³-hybridized carbons (Fsp3) is 0.200. The molecule has 3 aliphatic rings. The molecule has 0 spiro atoms. The maximum atomic E-state index is 11.1. The highest BCUT2D eigenvalue weighted by molar-refractivity contribution is 7.85. The minimum Gasteiger partial charge on any atom is -0.288 e. The van der Waals surface area contributed by atoms with Crippen molar-refractivity contribution >= 4 is 7.29 Å². The molecule has 0 aromatic carbocycles. The van der Waals surface area contributed by atoms with Gasteiger partial charge in [-0.05, 0) is 6.42 Å². The van der Waals surface area contributed by atoms with Gasteiger partial charge in [0, 0.05) is 11.5 Å². The van der Waals surface area contributed by atoms with Crippen molar-refractivity contribution in [1.29, 1.82) is 0 Å². The SMILES string of the molecule is O=P12C3=C1N2C=CC3. The minimum atomic E-state index is -1.76. The summed E-state index contributed by atoms with van der Waals surface area (Å²) in [6, 6.07) is 0. The van der Waals surface area contributed by atoms with Crippen LogP contribution in [0.5, 0.6) is 0 Å². The minimum absolute atomic E-state index is 0.961. The quantitative estimate of drug-likeness (QED) is 0.362. The Balaban J connectivity index is 2.33. The largest absolute Gasteiger partial charge is 0.288 e. The van der Waals surface area contributed by atoms with E-state index in [0.717, 1.165) is 6.42 Å². The summed E-state index contributed by atoms with van der Waals surface area (Å²) >= 11 is 0. The van der Waals surface area contributed by atoms with Crippen molar-refractivity contribution in [2.75, 3.05) is 0 Å². The van der Waals surface area contributed by atoms with Crippen molar-refractivity contribution < 1.29 is 4.57 Å². The monoisotopic (exact) mass is 125 g/mol. The molecule has 2 nitrogen and oxygen atoms in total. The summed E-state index contributed by atoms with van der Waals surface area (Å²) in [5, 5.41) is 1.24. The second kappa shape index (κ2) is 0.645. The molecule has 0 aromatic heterocycles. The Hall–Kier alpha value is -0.490. The Kier molecular flexibility index (Phi) is 0.284. The summed E-state index contributed by atoms with van der Waals surface area (Å²) in [6.07, 6.45) is 4.95. The Bertz CT molecular complexity index is 279. The van der Waals surface area contributed by atoms with Gasteiger partial charge in [-0.1, -0.05) is 6.08 Å². The van der Waals surface area contributed by atoms with Crippen molar-refractivity contribution in [2.24, 2.45) is 0 Å². The molecule has 3 rings (SSSR count). The van der Waals surface area contributed by atoms with Crippen LogP contribution in [-0.2, 0) is 4.57 Å². The topological polar surface area (TPSA) is 20.1 Å². The van der Waals surface area contributed by atoms with Crippen LogP contribution in [0.2, 0.25) is 0 Å². The third kappa shape index (κ3) is 0.148. The zero-order valence-corrected chi connectivity index (χ0v) is 5.06. The molecule has 8 heavy (non-hydrogen) atoms. The van der Waals surface area contributed by atoms with E-state index in [4.69, 9.17) is 0 Å². The normalized spacial score (nSPS) is 44.8. The second-order valence-corrected chi connectivity index (χ2v) is 4.83. The molecule has 3 aliphatic heterocycles. The molecule has 40 valence electrons. The molecular formula is C5H4NOP. The Morgan fingerprint density at radius 3 is 2.75 bits per heavy atom. The van der Waals surface area contributed by atoms with Gasteiger partial charge in [0.2, 0.25) is 7.29 Å². The van der Waals surface area contributed by atoms with Crippen LogP contribution in [0.3, 0.4) is 0 Å². The lowest BCUT2D eigenvalue weighted by Gasteiger charge is -2.05. The van der Waals surface area contributed by atoms with Gasteiger partial charge < -0.3 is 0 Å². The van der Waals surface area contributed by atoms with Gasteiger partial charge in [-0.2, -0.15) is 0 Å². The van der Waals surface area contributed by atoms with Crippen molar-refractivity contribution in [3.05, 3.63) is 23.0 Å². The number of rotatable bonds is 0. The molecule has 3 heterocycles. The molecule has 0 bridgehead atoms. The van der Waals surface area contributed by atoms with Gasteiger partial charge in [-0.3, -0.25) is 9.24 Å². The number of fused-ring (bicyclic) bond motifs is 2. The van der Waals surface area contributed by atoms with Crippen LogP contribution >= 0.6 is 7.29 Å². The first-order chi connectivity index (χ1) is 3.85. The van der Waals surface area contributed by atoms with Crippen LogP contribution in [0.4, 0.5) is 0 Å². The van der Waals surface area contributed by atoms with Crippen LogP contribution < -0.4 is 0 Å². The van der Waals surface area contributed by atoms with Crippen molar-refractivity contribution in [3.63, 3.8) is 0 Å². The van der Waals surface area contributed by atoms with Gasteiger partial charge in [-0.15, -0.1) is 0 Å². The van der Waals surface area contributed by atoms with E-state index in [1.54, 1.807) is 0 Å².